The molecular formula is C13H12BrN3S. The van der Waals surface area contributed by atoms with E-state index in [9.17, 15) is 0 Å². The summed E-state index contributed by atoms with van der Waals surface area (Å²) in [4.78, 5) is 7.85. The molecule has 0 aliphatic carbocycles. The van der Waals surface area contributed by atoms with Gasteiger partial charge in [0.2, 0.25) is 0 Å². The predicted octanol–water partition coefficient (Wildman–Crippen LogP) is 4.06. The summed E-state index contributed by atoms with van der Waals surface area (Å²) in [5, 5.41) is 2.85. The lowest BCUT2D eigenvalue weighted by molar-refractivity contribution is 1.09. The number of para-hydroxylation sites is 1. The van der Waals surface area contributed by atoms with Crippen molar-refractivity contribution in [3.63, 3.8) is 0 Å². The van der Waals surface area contributed by atoms with Gasteiger partial charge < -0.3 is 4.90 Å². The van der Waals surface area contributed by atoms with E-state index in [0.717, 1.165) is 21.8 Å². The van der Waals surface area contributed by atoms with E-state index >= 15 is 0 Å². The highest BCUT2D eigenvalue weighted by molar-refractivity contribution is 9.08. The maximum atomic E-state index is 4.70. The van der Waals surface area contributed by atoms with E-state index in [1.807, 2.05) is 25.2 Å². The second-order valence-corrected chi connectivity index (χ2v) is 5.40. The molecule has 0 N–H and O–H groups in total. The SMILES string of the molecule is CN(c1ccccc1)c1nc2sccn2c1CBr. The van der Waals surface area contributed by atoms with Crippen molar-refractivity contribution in [2.24, 2.45) is 0 Å². The molecule has 92 valence electrons. The Morgan fingerprint density at radius 1 is 1.33 bits per heavy atom. The predicted molar refractivity (Wildman–Crippen MR) is 80.2 cm³/mol. The Morgan fingerprint density at radius 3 is 2.83 bits per heavy atom. The number of imidazole rings is 1. The highest BCUT2D eigenvalue weighted by Gasteiger charge is 2.16. The molecule has 0 radical (unpaired) electrons. The lowest BCUT2D eigenvalue weighted by Gasteiger charge is -2.17. The molecule has 0 bridgehead atoms. The third-order valence-corrected chi connectivity index (χ3v) is 4.22. The number of aromatic nitrogens is 2. The number of fused-ring (bicyclic) bond motifs is 1. The van der Waals surface area contributed by atoms with Gasteiger partial charge in [0.25, 0.3) is 0 Å². The largest absolute Gasteiger partial charge is 0.328 e. The van der Waals surface area contributed by atoms with E-state index in [-0.39, 0.29) is 0 Å². The van der Waals surface area contributed by atoms with Crippen molar-refractivity contribution in [2.75, 3.05) is 11.9 Å². The highest BCUT2D eigenvalue weighted by Crippen LogP contribution is 2.30. The van der Waals surface area contributed by atoms with Gasteiger partial charge in [0, 0.05) is 29.6 Å². The maximum absolute atomic E-state index is 4.70. The van der Waals surface area contributed by atoms with E-state index < -0.39 is 0 Å². The van der Waals surface area contributed by atoms with Gasteiger partial charge in [-0.15, -0.1) is 11.3 Å². The summed E-state index contributed by atoms with van der Waals surface area (Å²) in [5.41, 5.74) is 2.32. The Balaban J connectivity index is 2.11. The fourth-order valence-corrected chi connectivity index (χ4v) is 3.24. The first-order chi connectivity index (χ1) is 8.81. The second kappa shape index (κ2) is 4.74. The fraction of sp³-hybridized carbons (Fsp3) is 0.154. The Hall–Kier alpha value is -1.33. The number of nitrogens with zero attached hydrogens (tertiary/aromatic N) is 3. The van der Waals surface area contributed by atoms with Crippen LogP contribution < -0.4 is 4.90 Å². The van der Waals surface area contributed by atoms with E-state index in [0.29, 0.717) is 0 Å². The first-order valence-electron chi connectivity index (χ1n) is 5.60. The van der Waals surface area contributed by atoms with Crippen molar-refractivity contribution in [2.45, 2.75) is 5.33 Å². The molecule has 3 aromatic rings. The minimum atomic E-state index is 0.789. The van der Waals surface area contributed by atoms with Crippen molar-refractivity contribution >= 4 is 43.7 Å². The molecule has 0 saturated carbocycles. The van der Waals surface area contributed by atoms with Gasteiger partial charge in [0.15, 0.2) is 10.8 Å². The smallest absolute Gasteiger partial charge is 0.195 e. The number of halogens is 1. The molecule has 0 unspecified atom stereocenters. The molecule has 0 spiro atoms. The van der Waals surface area contributed by atoms with Crippen LogP contribution in [-0.2, 0) is 5.33 Å². The third kappa shape index (κ3) is 1.83. The molecule has 0 fully saturated rings. The van der Waals surface area contributed by atoms with Gasteiger partial charge in [-0.2, -0.15) is 0 Å². The molecule has 3 rings (SSSR count). The van der Waals surface area contributed by atoms with Crippen molar-refractivity contribution < 1.29 is 0 Å². The molecule has 2 heterocycles. The number of hydrogen-bond acceptors (Lipinski definition) is 3. The lowest BCUT2D eigenvalue weighted by atomic mass is 10.3. The first-order valence-corrected chi connectivity index (χ1v) is 7.60. The average molecular weight is 322 g/mol. The van der Waals surface area contributed by atoms with Crippen molar-refractivity contribution in [3.8, 4) is 0 Å². The first kappa shape index (κ1) is 11.7. The molecular weight excluding hydrogens is 310 g/mol. The number of benzene rings is 1. The third-order valence-electron chi connectivity index (χ3n) is 2.93. The van der Waals surface area contributed by atoms with Gasteiger partial charge in [-0.1, -0.05) is 34.1 Å². The van der Waals surface area contributed by atoms with E-state index in [1.54, 1.807) is 11.3 Å². The van der Waals surface area contributed by atoms with Crippen LogP contribution in [0.25, 0.3) is 4.96 Å². The van der Waals surface area contributed by atoms with Gasteiger partial charge >= 0.3 is 0 Å². The van der Waals surface area contributed by atoms with Crippen LogP contribution in [-0.4, -0.2) is 16.4 Å². The summed E-state index contributed by atoms with van der Waals surface area (Å²) < 4.78 is 2.13. The molecule has 5 heteroatoms. The minimum Gasteiger partial charge on any atom is -0.328 e. The van der Waals surface area contributed by atoms with Crippen LogP contribution >= 0.6 is 27.3 Å². The number of alkyl halides is 1. The van der Waals surface area contributed by atoms with Crippen molar-refractivity contribution in [3.05, 3.63) is 47.6 Å². The normalized spacial score (nSPS) is 11.0. The van der Waals surface area contributed by atoms with Gasteiger partial charge in [0.05, 0.1) is 5.69 Å². The molecule has 0 saturated heterocycles. The Bertz CT molecular complexity index is 659. The standard InChI is InChI=1S/C13H12BrN3S/c1-16(10-5-3-2-4-6-10)12-11(9-14)17-7-8-18-13(17)15-12/h2-8H,9H2,1H3. The molecule has 3 nitrogen and oxygen atoms in total. The van der Waals surface area contributed by atoms with Gasteiger partial charge in [-0.05, 0) is 12.1 Å². The summed E-state index contributed by atoms with van der Waals surface area (Å²) in [7, 11) is 2.05. The van der Waals surface area contributed by atoms with E-state index in [2.05, 4.69) is 48.9 Å². The molecule has 0 aliphatic rings. The monoisotopic (exact) mass is 321 g/mol. The number of anilines is 2. The Kier molecular flexibility index (Phi) is 3.09. The zero-order valence-corrected chi connectivity index (χ0v) is 12.3. The van der Waals surface area contributed by atoms with Gasteiger partial charge in [-0.25, -0.2) is 4.98 Å². The van der Waals surface area contributed by atoms with Crippen molar-refractivity contribution in [1.29, 1.82) is 0 Å². The van der Waals surface area contributed by atoms with Gasteiger partial charge in [0.1, 0.15) is 0 Å². The lowest BCUT2D eigenvalue weighted by Crippen LogP contribution is -2.11. The second-order valence-electron chi connectivity index (χ2n) is 3.97. The minimum absolute atomic E-state index is 0.789. The Labute approximate surface area is 118 Å². The van der Waals surface area contributed by atoms with Gasteiger partial charge in [-0.3, -0.25) is 4.40 Å². The maximum Gasteiger partial charge on any atom is 0.195 e. The topological polar surface area (TPSA) is 20.5 Å². The zero-order valence-electron chi connectivity index (χ0n) is 9.88. The van der Waals surface area contributed by atoms with Crippen LogP contribution in [0.4, 0.5) is 11.5 Å². The quantitative estimate of drug-likeness (QED) is 0.678. The van der Waals surface area contributed by atoms with Crippen molar-refractivity contribution in [1.82, 2.24) is 9.38 Å². The average Bonchev–Trinajstić information content (AvgIpc) is 2.98. The molecule has 18 heavy (non-hydrogen) atoms. The fourth-order valence-electron chi connectivity index (χ4n) is 1.99. The Morgan fingerprint density at radius 2 is 2.11 bits per heavy atom. The van der Waals surface area contributed by atoms with E-state index in [1.165, 1.54) is 5.69 Å². The number of rotatable bonds is 3. The summed E-state index contributed by atoms with van der Waals surface area (Å²) in [6, 6.07) is 10.3. The van der Waals surface area contributed by atoms with E-state index in [4.69, 9.17) is 4.98 Å². The summed E-state index contributed by atoms with van der Waals surface area (Å²) >= 11 is 5.21. The van der Waals surface area contributed by atoms with Crippen LogP contribution in [0.5, 0.6) is 0 Å². The number of thiazole rings is 1. The zero-order chi connectivity index (χ0) is 12.5. The highest BCUT2D eigenvalue weighted by atomic mass is 79.9. The molecule has 1 aromatic carbocycles. The molecule has 0 atom stereocenters. The molecule has 0 amide bonds. The summed E-state index contributed by atoms with van der Waals surface area (Å²) in [6.45, 7) is 0. The van der Waals surface area contributed by atoms with Crippen LogP contribution in [0, 0.1) is 0 Å². The summed E-state index contributed by atoms with van der Waals surface area (Å²) in [6.07, 6.45) is 2.06. The number of hydrogen-bond donors (Lipinski definition) is 0. The van der Waals surface area contributed by atoms with Crippen LogP contribution in [0.2, 0.25) is 0 Å². The summed E-state index contributed by atoms with van der Waals surface area (Å²) in [5.74, 6) is 1.00. The van der Waals surface area contributed by atoms with Crippen LogP contribution in [0.15, 0.2) is 41.9 Å². The van der Waals surface area contributed by atoms with Crippen LogP contribution in [0.3, 0.4) is 0 Å². The van der Waals surface area contributed by atoms with Crippen LogP contribution in [0.1, 0.15) is 5.69 Å². The molecule has 2 aromatic heterocycles. The molecule has 0 aliphatic heterocycles.